The molecule has 1 fully saturated rings. The molecule has 0 saturated carbocycles. The lowest BCUT2D eigenvalue weighted by Crippen LogP contribution is -2.59. The molecule has 0 aromatic carbocycles. The van der Waals surface area contributed by atoms with Crippen LogP contribution in [0.4, 0.5) is 38.3 Å². The first-order valence-electron chi connectivity index (χ1n) is 9.53. The molecule has 13 heteroatoms. The summed E-state index contributed by atoms with van der Waals surface area (Å²) in [6, 6.07) is 0.661. The molecule has 8 nitrogen and oxygen atoms in total. The molecule has 2 N–H and O–H groups in total. The Balaban J connectivity index is 1.45. The summed E-state index contributed by atoms with van der Waals surface area (Å²) >= 11 is 0. The minimum absolute atomic E-state index is 0.0592. The number of piperidine rings is 1. The number of hydrogen-bond acceptors (Lipinski definition) is 5. The van der Waals surface area contributed by atoms with Gasteiger partial charge in [0.05, 0.1) is 30.2 Å². The highest BCUT2D eigenvalue weighted by atomic mass is 19.4. The van der Waals surface area contributed by atoms with Crippen molar-refractivity contribution in [1.29, 1.82) is 0 Å². The van der Waals surface area contributed by atoms with Crippen molar-refractivity contribution in [3.63, 3.8) is 0 Å². The summed E-state index contributed by atoms with van der Waals surface area (Å²) in [5.74, 6) is -3.66. The molecule has 4 heterocycles. The molecule has 1 unspecified atom stereocenters. The fraction of sp³-hybridized carbons (Fsp3) is 0.368. The molecular weight excluding hydrogens is 437 g/mol. The number of carbonyl (C=O) groups is 1. The first kappa shape index (κ1) is 21.7. The lowest BCUT2D eigenvalue weighted by Gasteiger charge is -2.42. The normalized spacial score (nSPS) is 18.6. The first-order chi connectivity index (χ1) is 15.0. The van der Waals surface area contributed by atoms with Gasteiger partial charge in [-0.05, 0) is 24.6 Å². The second-order valence-electron chi connectivity index (χ2n) is 7.46. The lowest BCUT2D eigenvalue weighted by atomic mass is 9.99. The second kappa shape index (κ2) is 7.88. The third-order valence-electron chi connectivity index (χ3n) is 5.31. The van der Waals surface area contributed by atoms with Gasteiger partial charge in [0.25, 0.3) is 5.92 Å². The van der Waals surface area contributed by atoms with Crippen molar-refractivity contribution in [2.75, 3.05) is 30.4 Å². The Morgan fingerprint density at radius 1 is 1.28 bits per heavy atom. The molecule has 0 radical (unpaired) electrons. The van der Waals surface area contributed by atoms with Crippen LogP contribution in [0.1, 0.15) is 12.0 Å². The van der Waals surface area contributed by atoms with E-state index in [0.717, 1.165) is 17.2 Å². The zero-order valence-corrected chi connectivity index (χ0v) is 16.7. The fourth-order valence-corrected chi connectivity index (χ4v) is 3.64. The number of rotatable bonds is 3. The number of fused-ring (bicyclic) bond motifs is 1. The minimum atomic E-state index is -4.62. The summed E-state index contributed by atoms with van der Waals surface area (Å²) in [7, 11) is 1.18. The molecule has 4 rings (SSSR count). The molecule has 170 valence electrons. The zero-order valence-electron chi connectivity index (χ0n) is 16.7. The summed E-state index contributed by atoms with van der Waals surface area (Å²) < 4.78 is 68.4. The van der Waals surface area contributed by atoms with E-state index in [9.17, 15) is 26.7 Å². The molecule has 1 saturated heterocycles. The van der Waals surface area contributed by atoms with Crippen molar-refractivity contribution >= 4 is 28.6 Å². The van der Waals surface area contributed by atoms with Gasteiger partial charge in [-0.1, -0.05) is 0 Å². The van der Waals surface area contributed by atoms with Gasteiger partial charge in [0, 0.05) is 25.2 Å². The fourth-order valence-electron chi connectivity index (χ4n) is 3.64. The predicted molar refractivity (Wildman–Crippen MR) is 105 cm³/mol. The average Bonchev–Trinajstić information content (AvgIpc) is 3.20. The molecule has 0 aliphatic carbocycles. The minimum Gasteiger partial charge on any atom is -0.364 e. The van der Waals surface area contributed by atoms with Crippen LogP contribution in [-0.4, -0.2) is 63.2 Å². The first-order valence-corrected chi connectivity index (χ1v) is 9.53. The maximum atomic E-state index is 15.0. The summed E-state index contributed by atoms with van der Waals surface area (Å²) in [4.78, 5) is 22.5. The maximum absolute atomic E-state index is 15.0. The highest BCUT2D eigenvalue weighted by molar-refractivity contribution is 5.88. The highest BCUT2D eigenvalue weighted by Crippen LogP contribution is 2.34. The monoisotopic (exact) mass is 455 g/mol. The third kappa shape index (κ3) is 4.27. The van der Waals surface area contributed by atoms with E-state index in [1.807, 2.05) is 0 Å². The van der Waals surface area contributed by atoms with Gasteiger partial charge >= 0.3 is 12.2 Å². The topological polar surface area (TPSA) is 90.0 Å². The average molecular weight is 455 g/mol. The summed E-state index contributed by atoms with van der Waals surface area (Å²) in [6.07, 6.45) is -0.793. The number of hydrogen-bond donors (Lipinski definition) is 2. The summed E-state index contributed by atoms with van der Waals surface area (Å²) in [6.45, 7) is -0.424. The number of urea groups is 1. The number of alkyl halides is 5. The zero-order chi connectivity index (χ0) is 23.1. The van der Waals surface area contributed by atoms with Crippen LogP contribution < -0.4 is 10.2 Å². The molecule has 32 heavy (non-hydrogen) atoms. The highest BCUT2D eigenvalue weighted by Gasteiger charge is 2.48. The number of halogens is 5. The Kier molecular flexibility index (Phi) is 5.34. The van der Waals surface area contributed by atoms with Gasteiger partial charge in [0.15, 0.2) is 5.65 Å². The SMILES string of the molecule is CN(C(=O)Nc1cc(C(F)(F)F)ccn1)C1CCN(c2cnc3[nH]ncc3c2)CC1(F)F. The largest absolute Gasteiger partial charge is 0.416 e. The van der Waals surface area contributed by atoms with Crippen molar-refractivity contribution in [1.82, 2.24) is 25.1 Å². The third-order valence-corrected chi connectivity index (χ3v) is 5.31. The Morgan fingerprint density at radius 3 is 2.78 bits per heavy atom. The van der Waals surface area contributed by atoms with Gasteiger partial charge in [-0.2, -0.15) is 18.3 Å². The second-order valence-corrected chi connectivity index (χ2v) is 7.46. The van der Waals surface area contributed by atoms with E-state index in [1.54, 1.807) is 6.07 Å². The number of aromatic amines is 1. The van der Waals surface area contributed by atoms with E-state index >= 15 is 0 Å². The molecule has 2 amide bonds. The van der Waals surface area contributed by atoms with Crippen LogP contribution in [0.5, 0.6) is 0 Å². The van der Waals surface area contributed by atoms with Gasteiger partial charge in [0.2, 0.25) is 0 Å². The van der Waals surface area contributed by atoms with E-state index in [-0.39, 0.29) is 18.8 Å². The molecule has 0 bridgehead atoms. The number of amides is 2. The smallest absolute Gasteiger partial charge is 0.364 e. The van der Waals surface area contributed by atoms with Crippen molar-refractivity contribution in [2.24, 2.45) is 0 Å². The maximum Gasteiger partial charge on any atom is 0.416 e. The summed E-state index contributed by atoms with van der Waals surface area (Å²) in [5, 5.41) is 9.37. The number of carbonyl (C=O) groups excluding carboxylic acids is 1. The van der Waals surface area contributed by atoms with E-state index in [0.29, 0.717) is 22.8 Å². The number of H-pyrrole nitrogens is 1. The predicted octanol–water partition coefficient (Wildman–Crippen LogP) is 3.75. The van der Waals surface area contributed by atoms with E-state index in [2.05, 4.69) is 25.5 Å². The quantitative estimate of drug-likeness (QED) is 0.588. The van der Waals surface area contributed by atoms with Crippen molar-refractivity contribution in [3.8, 4) is 0 Å². The number of nitrogens with zero attached hydrogens (tertiary/aromatic N) is 5. The van der Waals surface area contributed by atoms with Crippen molar-refractivity contribution < 1.29 is 26.7 Å². The van der Waals surface area contributed by atoms with Crippen molar-refractivity contribution in [2.45, 2.75) is 24.6 Å². The van der Waals surface area contributed by atoms with Gasteiger partial charge in [0.1, 0.15) is 11.9 Å². The van der Waals surface area contributed by atoms with E-state index in [1.165, 1.54) is 24.3 Å². The van der Waals surface area contributed by atoms with Crippen LogP contribution in [0, 0.1) is 0 Å². The van der Waals surface area contributed by atoms with Crippen LogP contribution in [0.15, 0.2) is 36.8 Å². The van der Waals surface area contributed by atoms with Crippen LogP contribution in [0.3, 0.4) is 0 Å². The van der Waals surface area contributed by atoms with Crippen LogP contribution in [0.25, 0.3) is 11.0 Å². The van der Waals surface area contributed by atoms with E-state index in [4.69, 9.17) is 0 Å². The molecule has 1 aliphatic heterocycles. The van der Waals surface area contributed by atoms with Gasteiger partial charge in [-0.3, -0.25) is 10.4 Å². The molecule has 3 aromatic rings. The number of aromatic nitrogens is 4. The van der Waals surface area contributed by atoms with E-state index < -0.39 is 36.3 Å². The van der Waals surface area contributed by atoms with Crippen LogP contribution in [0.2, 0.25) is 0 Å². The van der Waals surface area contributed by atoms with Crippen molar-refractivity contribution in [3.05, 3.63) is 42.4 Å². The standard InChI is InChI=1S/C19H18F5N7O/c1-30(17(32)28-15-7-12(2-4-25-15)19(22,23)24)14-3-5-31(10-18(14,20)21)13-6-11-8-27-29-16(11)26-9-13/h2,4,6-9,14H,3,5,10H2,1H3,(H,25,28,32)(H,26,27,29). The number of anilines is 2. The number of nitrogens with one attached hydrogen (secondary N) is 2. The molecule has 0 spiro atoms. The van der Waals surface area contributed by atoms with Gasteiger partial charge in [-0.15, -0.1) is 0 Å². The van der Waals surface area contributed by atoms with Crippen LogP contribution >= 0.6 is 0 Å². The lowest BCUT2D eigenvalue weighted by molar-refractivity contribution is -0.137. The molecule has 1 atom stereocenters. The molecule has 1 aliphatic rings. The molecular formula is C19H18F5N7O. The Hall–Kier alpha value is -3.51. The van der Waals surface area contributed by atoms with Gasteiger partial charge < -0.3 is 9.80 Å². The summed E-state index contributed by atoms with van der Waals surface area (Å²) in [5.41, 5.74) is 0.0274. The van der Waals surface area contributed by atoms with Gasteiger partial charge in [-0.25, -0.2) is 23.5 Å². The Labute approximate surface area is 178 Å². The van der Waals surface area contributed by atoms with Crippen LogP contribution in [-0.2, 0) is 6.18 Å². The Morgan fingerprint density at radius 2 is 2.06 bits per heavy atom. The molecule has 3 aromatic heterocycles. The number of pyridine rings is 2. The Bertz CT molecular complexity index is 1130.